The van der Waals surface area contributed by atoms with Crippen LogP contribution in [-0.2, 0) is 20.8 Å². The molecule has 13 heteroatoms. The third-order valence-electron chi connectivity index (χ3n) is 5.74. The quantitative estimate of drug-likeness (QED) is 0.276. The first-order valence-corrected chi connectivity index (χ1v) is 12.0. The molecule has 0 saturated carbocycles. The molecule has 0 N–H and O–H groups in total. The van der Waals surface area contributed by atoms with Crippen LogP contribution in [0.5, 0.6) is 11.5 Å². The van der Waals surface area contributed by atoms with Crippen LogP contribution in [0.3, 0.4) is 0 Å². The number of rotatable bonds is 6. The lowest BCUT2D eigenvalue weighted by atomic mass is 10.1. The van der Waals surface area contributed by atoms with Gasteiger partial charge in [-0.2, -0.15) is 4.99 Å². The second kappa shape index (κ2) is 9.95. The van der Waals surface area contributed by atoms with Crippen molar-refractivity contribution in [1.29, 1.82) is 0 Å². The van der Waals surface area contributed by atoms with Crippen LogP contribution in [0.25, 0.3) is 10.2 Å². The molecule has 0 unspecified atom stereocenters. The lowest BCUT2D eigenvalue weighted by Gasteiger charge is -2.28. The Hall–Kier alpha value is -3.97. The number of aromatic nitrogens is 1. The summed E-state index contributed by atoms with van der Waals surface area (Å²) in [4.78, 5) is 43.0. The summed E-state index contributed by atoms with van der Waals surface area (Å²) in [5.41, 5.74) is 0.929. The number of hydrogen-bond acceptors (Lipinski definition) is 10. The van der Waals surface area contributed by atoms with E-state index in [4.69, 9.17) is 18.9 Å². The van der Waals surface area contributed by atoms with E-state index < -0.39 is 16.8 Å². The summed E-state index contributed by atoms with van der Waals surface area (Å²) in [6, 6.07) is 7.79. The van der Waals surface area contributed by atoms with Gasteiger partial charge in [-0.3, -0.25) is 19.7 Å². The molecule has 0 radical (unpaired) electrons. The van der Waals surface area contributed by atoms with E-state index >= 15 is 0 Å². The predicted octanol–water partition coefficient (Wildman–Crippen LogP) is 2.48. The highest BCUT2D eigenvalue weighted by atomic mass is 32.1. The van der Waals surface area contributed by atoms with Crippen LogP contribution in [0.1, 0.15) is 17.3 Å². The van der Waals surface area contributed by atoms with E-state index in [9.17, 15) is 19.7 Å². The molecular formula is C23H22N4O8S. The Kier molecular flexibility index (Phi) is 6.57. The predicted molar refractivity (Wildman–Crippen MR) is 129 cm³/mol. The minimum atomic E-state index is -0.671. The van der Waals surface area contributed by atoms with Crippen molar-refractivity contribution in [2.75, 3.05) is 44.6 Å². The molecule has 5 rings (SSSR count). The molecule has 12 nitrogen and oxygen atoms in total. The van der Waals surface area contributed by atoms with Crippen molar-refractivity contribution in [3.05, 3.63) is 50.8 Å². The van der Waals surface area contributed by atoms with Gasteiger partial charge in [-0.25, -0.2) is 0 Å². The van der Waals surface area contributed by atoms with E-state index in [0.717, 1.165) is 4.70 Å². The van der Waals surface area contributed by atoms with Crippen LogP contribution in [0.4, 0.5) is 11.4 Å². The number of fused-ring (bicyclic) bond motifs is 2. The summed E-state index contributed by atoms with van der Waals surface area (Å²) >= 11 is 1.19. The number of carbonyl (C=O) groups excluding carboxylic acids is 2. The van der Waals surface area contributed by atoms with Gasteiger partial charge in [0.1, 0.15) is 12.2 Å². The third kappa shape index (κ3) is 4.62. The summed E-state index contributed by atoms with van der Waals surface area (Å²) in [5, 5.41) is 11.8. The molecule has 1 fully saturated rings. The zero-order valence-corrected chi connectivity index (χ0v) is 20.1. The normalized spacial score (nSPS) is 15.4. The van der Waals surface area contributed by atoms with Gasteiger partial charge in [-0.05, 0) is 19.1 Å². The molecule has 36 heavy (non-hydrogen) atoms. The number of benzene rings is 2. The Bertz CT molecular complexity index is 1420. The number of morpholine rings is 1. The summed E-state index contributed by atoms with van der Waals surface area (Å²) in [7, 11) is 0. The van der Waals surface area contributed by atoms with Crippen molar-refractivity contribution in [2.24, 2.45) is 4.99 Å². The van der Waals surface area contributed by atoms with Gasteiger partial charge in [0.2, 0.25) is 6.79 Å². The van der Waals surface area contributed by atoms with Gasteiger partial charge in [0.25, 0.3) is 11.6 Å². The van der Waals surface area contributed by atoms with E-state index in [1.165, 1.54) is 23.5 Å². The number of nitro benzene ring substituents is 1. The Morgan fingerprint density at radius 2 is 1.92 bits per heavy atom. The zero-order valence-electron chi connectivity index (χ0n) is 19.3. The second-order valence-corrected chi connectivity index (χ2v) is 8.94. The maximum absolute atomic E-state index is 13.1. The number of carbonyl (C=O) groups is 2. The maximum atomic E-state index is 13.1. The largest absolute Gasteiger partial charge is 0.465 e. The van der Waals surface area contributed by atoms with E-state index in [1.807, 2.05) is 4.90 Å². The Morgan fingerprint density at radius 1 is 1.17 bits per heavy atom. The van der Waals surface area contributed by atoms with Gasteiger partial charge in [-0.1, -0.05) is 11.3 Å². The van der Waals surface area contributed by atoms with Gasteiger partial charge in [-0.15, -0.1) is 0 Å². The van der Waals surface area contributed by atoms with E-state index in [-0.39, 0.29) is 36.0 Å². The summed E-state index contributed by atoms with van der Waals surface area (Å²) in [6.07, 6.45) is 0. The topological polar surface area (TPSA) is 135 Å². The first-order chi connectivity index (χ1) is 17.4. The van der Waals surface area contributed by atoms with Crippen LogP contribution in [-0.4, -0.2) is 61.1 Å². The third-order valence-corrected chi connectivity index (χ3v) is 6.78. The van der Waals surface area contributed by atoms with E-state index in [0.29, 0.717) is 49.0 Å². The minimum absolute atomic E-state index is 0.0630. The van der Waals surface area contributed by atoms with Crippen LogP contribution in [0, 0.1) is 10.1 Å². The van der Waals surface area contributed by atoms with Crippen LogP contribution >= 0.6 is 11.3 Å². The average molecular weight is 515 g/mol. The number of nitrogens with zero attached hydrogens (tertiary/aromatic N) is 4. The van der Waals surface area contributed by atoms with Crippen LogP contribution in [0.2, 0.25) is 0 Å². The molecule has 3 heterocycles. The standard InChI is InChI=1S/C23H22N4O8S/c1-2-33-21(28)12-26-17-10-18-19(35-13-34-18)11-20(17)36-23(26)24-22(29)14-3-4-15(16(9-14)27(30)31)25-5-7-32-8-6-25/h3-4,9-11H,2,5-8,12-13H2,1H3. The lowest BCUT2D eigenvalue weighted by Crippen LogP contribution is -2.36. The molecule has 0 spiro atoms. The SMILES string of the molecule is CCOC(=O)Cn1c(=NC(=O)c2ccc(N3CCOCC3)c([N+](=O)[O-])c2)sc2cc3c(cc21)OCO3. The van der Waals surface area contributed by atoms with Crippen molar-refractivity contribution >= 4 is 44.8 Å². The van der Waals surface area contributed by atoms with Gasteiger partial charge in [0.05, 0.1) is 35.0 Å². The summed E-state index contributed by atoms with van der Waals surface area (Å²) in [6.45, 7) is 3.82. The fourth-order valence-electron chi connectivity index (χ4n) is 4.06. The number of nitro groups is 1. The molecule has 1 saturated heterocycles. The van der Waals surface area contributed by atoms with Gasteiger partial charge in [0.15, 0.2) is 16.3 Å². The minimum Gasteiger partial charge on any atom is -0.465 e. The number of anilines is 1. The average Bonchev–Trinajstić information content (AvgIpc) is 3.46. The summed E-state index contributed by atoms with van der Waals surface area (Å²) in [5.74, 6) is -0.0885. The lowest BCUT2D eigenvalue weighted by molar-refractivity contribution is -0.384. The first kappa shape index (κ1) is 23.8. The molecule has 0 bridgehead atoms. The molecule has 0 atom stereocenters. The van der Waals surface area contributed by atoms with Crippen molar-refractivity contribution in [1.82, 2.24) is 4.57 Å². The number of ether oxygens (including phenoxy) is 4. The fraction of sp³-hybridized carbons (Fsp3) is 0.348. The Labute approximate surface area is 208 Å². The molecule has 188 valence electrons. The Morgan fingerprint density at radius 3 is 2.64 bits per heavy atom. The number of amides is 1. The maximum Gasteiger partial charge on any atom is 0.326 e. The number of hydrogen-bond donors (Lipinski definition) is 0. The molecule has 1 aromatic heterocycles. The van der Waals surface area contributed by atoms with Crippen LogP contribution in [0.15, 0.2) is 35.3 Å². The first-order valence-electron chi connectivity index (χ1n) is 11.2. The number of esters is 1. The van der Waals surface area contributed by atoms with E-state index in [2.05, 4.69) is 4.99 Å². The van der Waals surface area contributed by atoms with Gasteiger partial charge in [0, 0.05) is 36.9 Å². The molecule has 2 aromatic carbocycles. The second-order valence-electron chi connectivity index (χ2n) is 7.93. The van der Waals surface area contributed by atoms with Crippen molar-refractivity contribution in [3.63, 3.8) is 0 Å². The highest BCUT2D eigenvalue weighted by Gasteiger charge is 2.24. The summed E-state index contributed by atoms with van der Waals surface area (Å²) < 4.78 is 23.6. The Balaban J connectivity index is 1.55. The van der Waals surface area contributed by atoms with Gasteiger partial charge >= 0.3 is 5.97 Å². The molecular weight excluding hydrogens is 492 g/mol. The smallest absolute Gasteiger partial charge is 0.326 e. The monoisotopic (exact) mass is 514 g/mol. The molecule has 1 amide bonds. The molecule has 2 aliphatic rings. The highest BCUT2D eigenvalue weighted by Crippen LogP contribution is 2.37. The van der Waals surface area contributed by atoms with Crippen molar-refractivity contribution in [3.8, 4) is 11.5 Å². The zero-order chi connectivity index (χ0) is 25.2. The van der Waals surface area contributed by atoms with Crippen molar-refractivity contribution < 1.29 is 33.5 Å². The van der Waals surface area contributed by atoms with E-state index in [1.54, 1.807) is 29.7 Å². The highest BCUT2D eigenvalue weighted by molar-refractivity contribution is 7.16. The van der Waals surface area contributed by atoms with Crippen molar-refractivity contribution in [2.45, 2.75) is 13.5 Å². The van der Waals surface area contributed by atoms with Crippen LogP contribution < -0.4 is 19.2 Å². The molecule has 2 aliphatic heterocycles. The molecule has 3 aromatic rings. The van der Waals surface area contributed by atoms with Gasteiger partial charge < -0.3 is 28.4 Å². The number of thiazole rings is 1. The molecule has 0 aliphatic carbocycles. The fourth-order valence-corrected chi connectivity index (χ4v) is 5.10.